The molecule has 0 unspecified atom stereocenters. The van der Waals surface area contributed by atoms with Gasteiger partial charge in [0.05, 0.1) is 0 Å². The predicted octanol–water partition coefficient (Wildman–Crippen LogP) is 2.33. The van der Waals surface area contributed by atoms with Crippen LogP contribution in [0.2, 0.25) is 0 Å². The molecule has 1 aromatic rings. The van der Waals surface area contributed by atoms with Gasteiger partial charge in [-0.05, 0) is 33.6 Å². The number of carbonyl (C=O) groups excluding carboxylic acids is 1. The van der Waals surface area contributed by atoms with Gasteiger partial charge in [0.2, 0.25) is 5.91 Å². The van der Waals surface area contributed by atoms with E-state index in [0.29, 0.717) is 12.0 Å². The predicted molar refractivity (Wildman–Crippen MR) is 79.8 cm³/mol. The number of hydrogen-bond acceptors (Lipinski definition) is 4. The number of carbonyl (C=O) groups is 1. The number of piperidine rings is 1. The SMILES string of the molecule is CC(=O)N1CCC(c2nc(C)cc(NC(C)C)n2)CC1. The second-order valence-electron chi connectivity index (χ2n) is 5.83. The fourth-order valence-electron chi connectivity index (χ4n) is 2.60. The molecular weight excluding hydrogens is 252 g/mol. The zero-order valence-electron chi connectivity index (χ0n) is 12.8. The van der Waals surface area contributed by atoms with Gasteiger partial charge < -0.3 is 10.2 Å². The van der Waals surface area contributed by atoms with Crippen molar-refractivity contribution in [3.05, 3.63) is 17.6 Å². The normalized spacial score (nSPS) is 16.6. The lowest BCUT2D eigenvalue weighted by Gasteiger charge is -2.30. The van der Waals surface area contributed by atoms with Gasteiger partial charge in [0.25, 0.3) is 0 Å². The Kier molecular flexibility index (Phi) is 4.57. The van der Waals surface area contributed by atoms with Gasteiger partial charge in [0.1, 0.15) is 11.6 Å². The molecule has 0 aromatic carbocycles. The molecule has 1 aromatic heterocycles. The van der Waals surface area contributed by atoms with E-state index in [2.05, 4.69) is 29.1 Å². The van der Waals surface area contributed by atoms with Crippen LogP contribution in [-0.4, -0.2) is 39.9 Å². The minimum absolute atomic E-state index is 0.163. The summed E-state index contributed by atoms with van der Waals surface area (Å²) >= 11 is 0. The van der Waals surface area contributed by atoms with Crippen molar-refractivity contribution in [1.29, 1.82) is 0 Å². The number of nitrogens with one attached hydrogen (secondary N) is 1. The Labute approximate surface area is 120 Å². The number of amides is 1. The van der Waals surface area contributed by atoms with Gasteiger partial charge in [-0.1, -0.05) is 0 Å². The van der Waals surface area contributed by atoms with Crippen molar-refractivity contribution in [2.75, 3.05) is 18.4 Å². The van der Waals surface area contributed by atoms with Crippen LogP contribution in [0.25, 0.3) is 0 Å². The smallest absolute Gasteiger partial charge is 0.219 e. The zero-order chi connectivity index (χ0) is 14.7. The highest BCUT2D eigenvalue weighted by molar-refractivity contribution is 5.73. The molecule has 1 amide bonds. The first-order valence-electron chi connectivity index (χ1n) is 7.33. The molecule has 0 atom stereocenters. The highest BCUT2D eigenvalue weighted by Gasteiger charge is 2.24. The summed E-state index contributed by atoms with van der Waals surface area (Å²) in [6, 6.07) is 2.34. The third kappa shape index (κ3) is 3.68. The third-order valence-corrected chi connectivity index (χ3v) is 3.61. The van der Waals surface area contributed by atoms with Crippen LogP contribution in [0.4, 0.5) is 5.82 Å². The molecule has 2 rings (SSSR count). The van der Waals surface area contributed by atoms with Crippen LogP contribution in [0.15, 0.2) is 6.07 Å². The quantitative estimate of drug-likeness (QED) is 0.920. The van der Waals surface area contributed by atoms with E-state index in [1.165, 1.54) is 0 Å². The standard InChI is InChI=1S/C15H24N4O/c1-10(2)16-14-9-11(3)17-15(18-14)13-5-7-19(8-6-13)12(4)20/h9-10,13H,5-8H2,1-4H3,(H,16,17,18). The molecular formula is C15H24N4O. The van der Waals surface area contributed by atoms with Gasteiger partial charge in [0, 0.05) is 43.7 Å². The average molecular weight is 276 g/mol. The zero-order valence-corrected chi connectivity index (χ0v) is 12.8. The van der Waals surface area contributed by atoms with Crippen LogP contribution in [-0.2, 0) is 4.79 Å². The Balaban J connectivity index is 2.09. The maximum Gasteiger partial charge on any atom is 0.219 e. The van der Waals surface area contributed by atoms with E-state index in [1.807, 2.05) is 17.9 Å². The number of anilines is 1. The molecule has 0 spiro atoms. The van der Waals surface area contributed by atoms with Crippen molar-refractivity contribution in [2.45, 2.75) is 52.5 Å². The van der Waals surface area contributed by atoms with Crippen LogP contribution in [0.5, 0.6) is 0 Å². The molecule has 1 fully saturated rings. The molecule has 1 N–H and O–H groups in total. The van der Waals surface area contributed by atoms with Crippen molar-refractivity contribution >= 4 is 11.7 Å². The fourth-order valence-corrected chi connectivity index (χ4v) is 2.60. The largest absolute Gasteiger partial charge is 0.368 e. The molecule has 0 saturated carbocycles. The highest BCUT2D eigenvalue weighted by Crippen LogP contribution is 2.26. The van der Waals surface area contributed by atoms with Crippen LogP contribution in [0.1, 0.15) is 51.0 Å². The summed E-state index contributed by atoms with van der Waals surface area (Å²) in [4.78, 5) is 22.5. The molecule has 5 heteroatoms. The second-order valence-corrected chi connectivity index (χ2v) is 5.83. The number of nitrogens with zero attached hydrogens (tertiary/aromatic N) is 3. The monoisotopic (exact) mass is 276 g/mol. The molecule has 0 aliphatic carbocycles. The Bertz CT molecular complexity index is 479. The maximum atomic E-state index is 11.4. The lowest BCUT2D eigenvalue weighted by Crippen LogP contribution is -2.36. The average Bonchev–Trinajstić information content (AvgIpc) is 2.37. The number of aryl methyl sites for hydroxylation is 1. The molecule has 1 saturated heterocycles. The van der Waals surface area contributed by atoms with Crippen molar-refractivity contribution < 1.29 is 4.79 Å². The van der Waals surface area contributed by atoms with Crippen LogP contribution in [0, 0.1) is 6.92 Å². The molecule has 2 heterocycles. The van der Waals surface area contributed by atoms with E-state index in [9.17, 15) is 4.79 Å². The summed E-state index contributed by atoms with van der Waals surface area (Å²) in [6.45, 7) is 9.45. The molecule has 0 radical (unpaired) electrons. The Hall–Kier alpha value is -1.65. The molecule has 110 valence electrons. The van der Waals surface area contributed by atoms with E-state index in [0.717, 1.165) is 43.3 Å². The number of likely N-dealkylation sites (tertiary alicyclic amines) is 1. The lowest BCUT2D eigenvalue weighted by molar-refractivity contribution is -0.129. The summed E-state index contributed by atoms with van der Waals surface area (Å²) in [5.74, 6) is 2.34. The highest BCUT2D eigenvalue weighted by atomic mass is 16.2. The number of rotatable bonds is 3. The van der Waals surface area contributed by atoms with Gasteiger partial charge >= 0.3 is 0 Å². The van der Waals surface area contributed by atoms with Crippen molar-refractivity contribution in [2.24, 2.45) is 0 Å². The second kappa shape index (κ2) is 6.20. The fraction of sp³-hybridized carbons (Fsp3) is 0.667. The maximum absolute atomic E-state index is 11.4. The molecule has 0 bridgehead atoms. The van der Waals surface area contributed by atoms with E-state index in [1.54, 1.807) is 6.92 Å². The summed E-state index contributed by atoms with van der Waals surface area (Å²) in [5, 5.41) is 3.34. The first-order chi connectivity index (χ1) is 9.45. The van der Waals surface area contributed by atoms with Crippen LogP contribution in [0.3, 0.4) is 0 Å². The van der Waals surface area contributed by atoms with E-state index in [4.69, 9.17) is 0 Å². The van der Waals surface area contributed by atoms with Gasteiger partial charge in [-0.15, -0.1) is 0 Å². The summed E-state index contributed by atoms with van der Waals surface area (Å²) in [7, 11) is 0. The Morgan fingerprint density at radius 3 is 2.55 bits per heavy atom. The molecule has 5 nitrogen and oxygen atoms in total. The van der Waals surface area contributed by atoms with Gasteiger partial charge in [-0.3, -0.25) is 4.79 Å². The van der Waals surface area contributed by atoms with Crippen molar-refractivity contribution in [3.63, 3.8) is 0 Å². The topological polar surface area (TPSA) is 58.1 Å². The van der Waals surface area contributed by atoms with Gasteiger partial charge in [0.15, 0.2) is 0 Å². The summed E-state index contributed by atoms with van der Waals surface area (Å²) in [5.41, 5.74) is 0.993. The van der Waals surface area contributed by atoms with Crippen molar-refractivity contribution in [3.8, 4) is 0 Å². The number of aromatic nitrogens is 2. The third-order valence-electron chi connectivity index (χ3n) is 3.61. The van der Waals surface area contributed by atoms with Crippen LogP contribution >= 0.6 is 0 Å². The first-order valence-corrected chi connectivity index (χ1v) is 7.33. The van der Waals surface area contributed by atoms with E-state index < -0.39 is 0 Å². The van der Waals surface area contributed by atoms with Crippen molar-refractivity contribution in [1.82, 2.24) is 14.9 Å². The molecule has 1 aliphatic rings. The van der Waals surface area contributed by atoms with E-state index >= 15 is 0 Å². The van der Waals surface area contributed by atoms with Gasteiger partial charge in [-0.25, -0.2) is 9.97 Å². The van der Waals surface area contributed by atoms with Gasteiger partial charge in [-0.2, -0.15) is 0 Å². The Morgan fingerprint density at radius 2 is 2.00 bits per heavy atom. The molecule has 1 aliphatic heterocycles. The minimum Gasteiger partial charge on any atom is -0.368 e. The minimum atomic E-state index is 0.163. The van der Waals surface area contributed by atoms with Crippen LogP contribution < -0.4 is 5.32 Å². The van der Waals surface area contributed by atoms with E-state index in [-0.39, 0.29) is 5.91 Å². The first kappa shape index (κ1) is 14.8. The summed E-state index contributed by atoms with van der Waals surface area (Å²) < 4.78 is 0. The lowest BCUT2D eigenvalue weighted by atomic mass is 9.96. The Morgan fingerprint density at radius 1 is 1.35 bits per heavy atom. The molecule has 20 heavy (non-hydrogen) atoms. The summed E-state index contributed by atoms with van der Waals surface area (Å²) in [6.07, 6.45) is 1.90. The number of hydrogen-bond donors (Lipinski definition) is 1.